The number of aromatic hydroxyl groups is 1. The van der Waals surface area contributed by atoms with Crippen LogP contribution in [-0.4, -0.2) is 24.1 Å². The van der Waals surface area contributed by atoms with Gasteiger partial charge in [-0.15, -0.1) is 0 Å². The van der Waals surface area contributed by atoms with Crippen molar-refractivity contribution in [2.75, 3.05) is 7.11 Å². The Balaban J connectivity index is 1.55. The van der Waals surface area contributed by atoms with E-state index < -0.39 is 5.41 Å². The molecule has 2 aliphatic carbocycles. The van der Waals surface area contributed by atoms with E-state index in [9.17, 15) is 9.90 Å². The van der Waals surface area contributed by atoms with Gasteiger partial charge in [0.15, 0.2) is 0 Å². The van der Waals surface area contributed by atoms with Gasteiger partial charge in [0.1, 0.15) is 11.5 Å². The highest BCUT2D eigenvalue weighted by atomic mass is 16.5. The summed E-state index contributed by atoms with van der Waals surface area (Å²) in [5, 5.41) is 9.76. The maximum atomic E-state index is 13.6. The summed E-state index contributed by atoms with van der Waals surface area (Å²) in [5.41, 5.74) is 3.66. The molecule has 3 heteroatoms. The van der Waals surface area contributed by atoms with Crippen LogP contribution in [0.3, 0.4) is 0 Å². The molecule has 0 unspecified atom stereocenters. The monoisotopic (exact) mass is 390 g/mol. The molecule has 3 nitrogen and oxygen atoms in total. The van der Waals surface area contributed by atoms with Gasteiger partial charge in [0.25, 0.3) is 0 Å². The van der Waals surface area contributed by atoms with Crippen LogP contribution in [-0.2, 0) is 16.0 Å². The fourth-order valence-electron chi connectivity index (χ4n) is 5.88. The molecule has 0 amide bonds. The summed E-state index contributed by atoms with van der Waals surface area (Å²) in [5.74, 6) is 0.860. The number of ether oxygens (including phenoxy) is 1. The van der Waals surface area contributed by atoms with E-state index in [4.69, 9.17) is 4.74 Å². The Kier molecular flexibility index (Phi) is 4.90. The Hall–Kier alpha value is -2.39. The fourth-order valence-corrected chi connectivity index (χ4v) is 5.88. The van der Waals surface area contributed by atoms with Gasteiger partial charge in [-0.05, 0) is 48.1 Å². The van der Waals surface area contributed by atoms with Crippen LogP contribution in [0.4, 0.5) is 0 Å². The number of carbonyl (C=O) groups excluding carboxylic acids is 1. The van der Waals surface area contributed by atoms with Crippen molar-refractivity contribution in [2.24, 2.45) is 16.7 Å². The molecule has 3 atom stereocenters. The predicted octanol–water partition coefficient (Wildman–Crippen LogP) is 5.57. The van der Waals surface area contributed by atoms with Gasteiger partial charge in [0.05, 0.1) is 11.5 Å². The van der Waals surface area contributed by atoms with Crippen molar-refractivity contribution in [3.8, 4) is 16.9 Å². The molecule has 2 fully saturated rings. The summed E-state index contributed by atoms with van der Waals surface area (Å²) >= 11 is 0. The lowest BCUT2D eigenvalue weighted by Crippen LogP contribution is -2.47. The quantitative estimate of drug-likeness (QED) is 0.656. The normalized spacial score (nSPS) is 27.3. The maximum absolute atomic E-state index is 13.6. The summed E-state index contributed by atoms with van der Waals surface area (Å²) in [4.78, 5) is 13.6. The molecule has 0 spiro atoms. The summed E-state index contributed by atoms with van der Waals surface area (Å²) < 4.78 is 5.86. The number of benzene rings is 2. The number of hydrogen-bond donors (Lipinski definition) is 1. The zero-order valence-electron chi connectivity index (χ0n) is 17.6. The number of ketones is 1. The smallest absolute Gasteiger partial charge is 0.142 e. The highest BCUT2D eigenvalue weighted by Crippen LogP contribution is 2.67. The molecule has 0 saturated heterocycles. The highest BCUT2D eigenvalue weighted by Gasteiger charge is 2.68. The zero-order valence-corrected chi connectivity index (χ0v) is 17.6. The molecule has 0 heterocycles. The molecule has 29 heavy (non-hydrogen) atoms. The lowest BCUT2D eigenvalue weighted by Gasteiger charge is -2.43. The van der Waals surface area contributed by atoms with Crippen molar-refractivity contribution >= 4 is 5.78 Å². The van der Waals surface area contributed by atoms with Crippen molar-refractivity contribution in [2.45, 2.75) is 45.6 Å². The summed E-state index contributed by atoms with van der Waals surface area (Å²) in [6, 6.07) is 15.5. The van der Waals surface area contributed by atoms with E-state index in [1.807, 2.05) is 24.3 Å². The van der Waals surface area contributed by atoms with Crippen LogP contribution < -0.4 is 0 Å². The van der Waals surface area contributed by atoms with Crippen LogP contribution in [0, 0.1) is 16.7 Å². The Morgan fingerprint density at radius 3 is 2.55 bits per heavy atom. The van der Waals surface area contributed by atoms with Gasteiger partial charge in [-0.25, -0.2) is 0 Å². The average Bonchev–Trinajstić information content (AvgIpc) is 3.18. The number of hydrogen-bond acceptors (Lipinski definition) is 3. The molecule has 152 valence electrons. The minimum absolute atomic E-state index is 0.0453. The number of aryl methyl sites for hydroxylation is 1. The third-order valence-corrected chi connectivity index (χ3v) is 7.57. The summed E-state index contributed by atoms with van der Waals surface area (Å²) in [6.07, 6.45) is 3.06. The third-order valence-electron chi connectivity index (χ3n) is 7.57. The molecule has 0 radical (unpaired) electrons. The van der Waals surface area contributed by atoms with Crippen LogP contribution >= 0.6 is 0 Å². The molecule has 2 aliphatic rings. The van der Waals surface area contributed by atoms with Gasteiger partial charge in [0, 0.05) is 24.9 Å². The molecular weight excluding hydrogens is 360 g/mol. The molecule has 0 aliphatic heterocycles. The van der Waals surface area contributed by atoms with E-state index in [1.54, 1.807) is 19.2 Å². The third kappa shape index (κ3) is 2.95. The molecule has 2 bridgehead atoms. The minimum atomic E-state index is -0.452. The Bertz CT molecular complexity index is 958. The molecular formula is C26H30O3. The number of fused-ring (bicyclic) bond motifs is 2. The number of rotatable bonds is 6. The van der Waals surface area contributed by atoms with Crippen LogP contribution in [0.25, 0.3) is 11.1 Å². The van der Waals surface area contributed by atoms with Crippen LogP contribution in [0.2, 0.25) is 0 Å². The van der Waals surface area contributed by atoms with E-state index in [1.165, 1.54) is 5.57 Å². The second-order valence-electron chi connectivity index (χ2n) is 9.10. The van der Waals surface area contributed by atoms with Gasteiger partial charge >= 0.3 is 0 Å². The lowest BCUT2D eigenvalue weighted by atomic mass is 9.60. The van der Waals surface area contributed by atoms with E-state index in [2.05, 4.69) is 32.6 Å². The number of carbonyl (C=O) groups is 1. The topological polar surface area (TPSA) is 46.5 Å². The maximum Gasteiger partial charge on any atom is 0.142 e. The molecule has 2 saturated carbocycles. The van der Waals surface area contributed by atoms with E-state index in [-0.39, 0.29) is 17.3 Å². The second kappa shape index (κ2) is 7.14. The van der Waals surface area contributed by atoms with Crippen LogP contribution in [0.1, 0.15) is 38.7 Å². The molecule has 1 N–H and O–H groups in total. The van der Waals surface area contributed by atoms with E-state index >= 15 is 0 Å². The number of Topliss-reactive ketones (excluding diaryl/α,β-unsaturated/α-hetero) is 1. The average molecular weight is 391 g/mol. The minimum Gasteiger partial charge on any atom is -0.508 e. The van der Waals surface area contributed by atoms with Crippen LogP contribution in [0.5, 0.6) is 5.75 Å². The molecule has 2 aromatic carbocycles. The standard InChI is InChI=1S/C26H30O3/c1-17-22-13-14-26(24(22)29-4,25(17,2)3)23(28)12-11-18-7-5-8-19(15-18)20-9-6-10-21(27)16-20/h5-10,15-16,22,24,27H,1,11-14H2,2-4H3/t22-,24+,26+/m1/s1. The van der Waals surface area contributed by atoms with Gasteiger partial charge < -0.3 is 9.84 Å². The number of phenols is 1. The molecule has 4 rings (SSSR count). The summed E-state index contributed by atoms with van der Waals surface area (Å²) in [7, 11) is 1.73. The Morgan fingerprint density at radius 2 is 1.86 bits per heavy atom. The van der Waals surface area contributed by atoms with E-state index in [0.717, 1.165) is 29.5 Å². The van der Waals surface area contributed by atoms with Gasteiger partial charge in [-0.3, -0.25) is 4.79 Å². The van der Waals surface area contributed by atoms with Crippen molar-refractivity contribution in [1.82, 2.24) is 0 Å². The largest absolute Gasteiger partial charge is 0.508 e. The predicted molar refractivity (Wildman–Crippen MR) is 116 cm³/mol. The second-order valence-corrected chi connectivity index (χ2v) is 9.10. The molecule has 2 aromatic rings. The summed E-state index contributed by atoms with van der Waals surface area (Å²) in [6.45, 7) is 8.67. The van der Waals surface area contributed by atoms with Crippen molar-refractivity contribution in [3.05, 3.63) is 66.2 Å². The number of phenolic OH excluding ortho intramolecular Hbond substituents is 1. The SMILES string of the molecule is C=C1[C@H]2CC[C@](C(=O)CCc3cccc(-c4cccc(O)c4)c3)([C@H]2OC)C1(C)C. The Morgan fingerprint density at radius 1 is 1.17 bits per heavy atom. The van der Waals surface area contributed by atoms with Crippen LogP contribution in [0.15, 0.2) is 60.7 Å². The highest BCUT2D eigenvalue weighted by molar-refractivity contribution is 5.89. The van der Waals surface area contributed by atoms with E-state index in [0.29, 0.717) is 24.5 Å². The molecule has 0 aromatic heterocycles. The number of methoxy groups -OCH3 is 1. The van der Waals surface area contributed by atoms with Crippen molar-refractivity contribution in [1.29, 1.82) is 0 Å². The van der Waals surface area contributed by atoms with Gasteiger partial charge in [-0.2, -0.15) is 0 Å². The fraction of sp³-hybridized carbons (Fsp3) is 0.423. The lowest BCUT2D eigenvalue weighted by molar-refractivity contribution is -0.141. The van der Waals surface area contributed by atoms with Crippen molar-refractivity contribution < 1.29 is 14.6 Å². The zero-order chi connectivity index (χ0) is 20.8. The first kappa shape index (κ1) is 19.9. The Labute approximate surface area is 173 Å². The van der Waals surface area contributed by atoms with Gasteiger partial charge in [-0.1, -0.05) is 62.4 Å². The first-order valence-corrected chi connectivity index (χ1v) is 10.4. The first-order valence-electron chi connectivity index (χ1n) is 10.4. The first-order chi connectivity index (χ1) is 13.8. The van der Waals surface area contributed by atoms with Crippen molar-refractivity contribution in [3.63, 3.8) is 0 Å². The van der Waals surface area contributed by atoms with Gasteiger partial charge in [0.2, 0.25) is 0 Å².